The second kappa shape index (κ2) is 5.07. The number of rotatable bonds is 4. The first-order chi connectivity index (χ1) is 6.81. The van der Waals surface area contributed by atoms with E-state index in [2.05, 4.69) is 17.2 Å². The first-order valence-electron chi connectivity index (χ1n) is 4.34. The molecule has 1 aromatic carbocycles. The first kappa shape index (κ1) is 10.3. The Morgan fingerprint density at radius 3 is 2.50 bits per heavy atom. The van der Waals surface area contributed by atoms with Gasteiger partial charge in [-0.05, 0) is 36.8 Å². The highest BCUT2D eigenvalue weighted by Crippen LogP contribution is 2.16. The average molecular weight is 190 g/mol. The number of methoxy groups -OCH3 is 1. The van der Waals surface area contributed by atoms with E-state index in [1.807, 2.05) is 37.3 Å². The van der Waals surface area contributed by atoms with E-state index < -0.39 is 0 Å². The normalized spacial score (nSPS) is 10.9. The van der Waals surface area contributed by atoms with Gasteiger partial charge in [-0.1, -0.05) is 6.08 Å². The van der Waals surface area contributed by atoms with Crippen LogP contribution < -0.4 is 10.2 Å². The lowest BCUT2D eigenvalue weighted by Gasteiger charge is -2.06. The second-order valence-electron chi connectivity index (χ2n) is 2.70. The molecule has 0 aliphatic carbocycles. The van der Waals surface area contributed by atoms with Gasteiger partial charge < -0.3 is 4.74 Å². The highest BCUT2D eigenvalue weighted by Gasteiger charge is 1.98. The summed E-state index contributed by atoms with van der Waals surface area (Å²) in [5.41, 5.74) is 4.81. The molecule has 0 saturated carbocycles. The van der Waals surface area contributed by atoms with Crippen LogP contribution in [0.1, 0.15) is 12.5 Å². The summed E-state index contributed by atoms with van der Waals surface area (Å²) in [6, 6.07) is 7.74. The largest absolute Gasteiger partial charge is 0.497 e. The molecule has 0 aromatic heterocycles. The zero-order chi connectivity index (χ0) is 10.4. The number of allylic oxidation sites excluding steroid dienone is 1. The minimum Gasteiger partial charge on any atom is -0.497 e. The van der Waals surface area contributed by atoms with Gasteiger partial charge in [0.05, 0.1) is 12.8 Å². The van der Waals surface area contributed by atoms with Gasteiger partial charge in [0.15, 0.2) is 0 Å². The van der Waals surface area contributed by atoms with Crippen molar-refractivity contribution in [2.45, 2.75) is 6.92 Å². The van der Waals surface area contributed by atoms with Gasteiger partial charge in [-0.15, -0.1) is 0 Å². The van der Waals surface area contributed by atoms with Gasteiger partial charge in [-0.25, -0.2) is 0 Å². The van der Waals surface area contributed by atoms with E-state index in [1.165, 1.54) is 0 Å². The fourth-order valence-electron chi connectivity index (χ4n) is 1.15. The van der Waals surface area contributed by atoms with Crippen molar-refractivity contribution in [2.24, 2.45) is 5.10 Å². The van der Waals surface area contributed by atoms with Crippen LogP contribution in [-0.4, -0.2) is 13.8 Å². The van der Waals surface area contributed by atoms with Crippen LogP contribution in [0.3, 0.4) is 0 Å². The highest BCUT2D eigenvalue weighted by atomic mass is 16.5. The Balaban J connectivity index is 2.89. The molecule has 0 aliphatic rings. The molecule has 0 radical (unpaired) electrons. The number of nitrogens with zero attached hydrogens (tertiary/aromatic N) is 1. The predicted molar refractivity (Wildman–Crippen MR) is 59.3 cm³/mol. The molecule has 14 heavy (non-hydrogen) atoms. The van der Waals surface area contributed by atoms with E-state index >= 15 is 0 Å². The topological polar surface area (TPSA) is 33.6 Å². The number of hydrazone groups is 1. The Bertz CT molecular complexity index is 328. The molecule has 1 aromatic rings. The van der Waals surface area contributed by atoms with Crippen molar-refractivity contribution < 1.29 is 4.74 Å². The molecule has 0 aliphatic heterocycles. The van der Waals surface area contributed by atoms with Crippen LogP contribution in [0.15, 0.2) is 35.4 Å². The molecule has 0 atom stereocenters. The molecule has 0 saturated heterocycles. The predicted octanol–water partition coefficient (Wildman–Crippen LogP) is 2.26. The molecule has 1 rings (SSSR count). The van der Waals surface area contributed by atoms with E-state index in [1.54, 1.807) is 7.11 Å². The van der Waals surface area contributed by atoms with Crippen LogP contribution in [0.4, 0.5) is 0 Å². The van der Waals surface area contributed by atoms with Gasteiger partial charge >= 0.3 is 0 Å². The summed E-state index contributed by atoms with van der Waals surface area (Å²) in [7, 11) is 1.65. The summed E-state index contributed by atoms with van der Waals surface area (Å²) < 4.78 is 5.07. The van der Waals surface area contributed by atoms with Crippen molar-refractivity contribution >= 4 is 12.4 Å². The first-order valence-corrected chi connectivity index (χ1v) is 4.34. The summed E-state index contributed by atoms with van der Waals surface area (Å²) in [5, 5.41) is 3.63. The number of benzene rings is 1. The van der Waals surface area contributed by atoms with E-state index in [0.717, 1.165) is 17.0 Å². The molecule has 3 heteroatoms. The smallest absolute Gasteiger partial charge is 0.118 e. The zero-order valence-electron chi connectivity index (χ0n) is 8.45. The van der Waals surface area contributed by atoms with Crippen LogP contribution in [0.2, 0.25) is 0 Å². The summed E-state index contributed by atoms with van der Waals surface area (Å²) >= 11 is 0. The van der Waals surface area contributed by atoms with Crippen LogP contribution in [-0.2, 0) is 0 Å². The van der Waals surface area contributed by atoms with Crippen molar-refractivity contribution in [3.63, 3.8) is 0 Å². The molecular formula is C11H14N2O. The average Bonchev–Trinajstić information content (AvgIpc) is 2.26. The van der Waals surface area contributed by atoms with Gasteiger partial charge in [0.2, 0.25) is 0 Å². The maximum Gasteiger partial charge on any atom is 0.118 e. The third-order valence-corrected chi connectivity index (χ3v) is 1.89. The summed E-state index contributed by atoms with van der Waals surface area (Å²) in [6.45, 7) is 5.32. The molecule has 0 bridgehead atoms. The monoisotopic (exact) mass is 190 g/mol. The Hall–Kier alpha value is -1.77. The molecule has 0 amide bonds. The van der Waals surface area contributed by atoms with E-state index in [0.29, 0.717) is 0 Å². The summed E-state index contributed by atoms with van der Waals surface area (Å²) in [4.78, 5) is 0. The molecule has 0 spiro atoms. The Morgan fingerprint density at radius 1 is 1.43 bits per heavy atom. The van der Waals surface area contributed by atoms with Gasteiger partial charge in [0.25, 0.3) is 0 Å². The van der Waals surface area contributed by atoms with Gasteiger partial charge in [-0.3, -0.25) is 5.43 Å². The van der Waals surface area contributed by atoms with Crippen molar-refractivity contribution in [1.82, 2.24) is 5.43 Å². The van der Waals surface area contributed by atoms with Crippen molar-refractivity contribution in [3.05, 3.63) is 35.9 Å². The molecule has 3 nitrogen and oxygen atoms in total. The molecule has 1 N–H and O–H groups in total. The fraction of sp³-hybridized carbons (Fsp3) is 0.182. The van der Waals surface area contributed by atoms with E-state index in [-0.39, 0.29) is 0 Å². The maximum atomic E-state index is 5.07. The van der Waals surface area contributed by atoms with Crippen LogP contribution in [0.5, 0.6) is 5.75 Å². The van der Waals surface area contributed by atoms with Crippen LogP contribution >= 0.6 is 0 Å². The lowest BCUT2D eigenvalue weighted by atomic mass is 10.1. The molecule has 0 fully saturated rings. The zero-order valence-corrected chi connectivity index (χ0v) is 8.45. The SMILES string of the molecule is C=NN/C(=C\C)c1ccc(OC)cc1. The third kappa shape index (κ3) is 2.36. The minimum atomic E-state index is 0.843. The van der Waals surface area contributed by atoms with E-state index in [4.69, 9.17) is 4.74 Å². The van der Waals surface area contributed by atoms with Gasteiger partial charge in [0, 0.05) is 6.72 Å². The minimum absolute atomic E-state index is 0.843. The molecule has 0 heterocycles. The lowest BCUT2D eigenvalue weighted by Crippen LogP contribution is -2.02. The number of hydrogen-bond donors (Lipinski definition) is 1. The highest BCUT2D eigenvalue weighted by molar-refractivity contribution is 5.64. The third-order valence-electron chi connectivity index (χ3n) is 1.89. The Morgan fingerprint density at radius 2 is 2.07 bits per heavy atom. The van der Waals surface area contributed by atoms with Crippen LogP contribution in [0.25, 0.3) is 5.70 Å². The maximum absolute atomic E-state index is 5.07. The Labute approximate surface area is 84.1 Å². The summed E-state index contributed by atoms with van der Waals surface area (Å²) in [5.74, 6) is 0.843. The van der Waals surface area contributed by atoms with Crippen molar-refractivity contribution in [2.75, 3.05) is 7.11 Å². The quantitative estimate of drug-likeness (QED) is 0.583. The second-order valence-corrected chi connectivity index (χ2v) is 2.70. The van der Waals surface area contributed by atoms with Crippen LogP contribution in [0, 0.1) is 0 Å². The standard InChI is InChI=1S/C11H14N2O/c1-4-11(13-12-2)9-5-7-10(14-3)8-6-9/h4-8,13H,2H2,1,3H3/b11-4-. The van der Waals surface area contributed by atoms with Gasteiger partial charge in [0.1, 0.15) is 5.75 Å². The number of nitrogens with one attached hydrogen (secondary N) is 1. The molecule has 0 unspecified atom stereocenters. The lowest BCUT2D eigenvalue weighted by molar-refractivity contribution is 0.415. The van der Waals surface area contributed by atoms with E-state index in [9.17, 15) is 0 Å². The van der Waals surface area contributed by atoms with Crippen molar-refractivity contribution in [1.29, 1.82) is 0 Å². The Kier molecular flexibility index (Phi) is 3.73. The van der Waals surface area contributed by atoms with Crippen molar-refractivity contribution in [3.8, 4) is 5.75 Å². The fourth-order valence-corrected chi connectivity index (χ4v) is 1.15. The summed E-state index contributed by atoms with van der Waals surface area (Å²) in [6.07, 6.45) is 1.94. The number of hydrogen-bond acceptors (Lipinski definition) is 3. The molecular weight excluding hydrogens is 176 g/mol. The molecule has 74 valence electrons. The number of ether oxygens (including phenoxy) is 1. The van der Waals surface area contributed by atoms with Gasteiger partial charge in [-0.2, -0.15) is 5.10 Å².